The fourth-order valence-electron chi connectivity index (χ4n) is 1.83. The molecule has 0 aliphatic carbocycles. The zero-order chi connectivity index (χ0) is 15.2. The van der Waals surface area contributed by atoms with Gasteiger partial charge in [0.25, 0.3) is 0 Å². The molecule has 0 radical (unpaired) electrons. The number of nitrogen functional groups attached to an aromatic ring is 1. The number of carbonyl (C=O) groups is 1. The van der Waals surface area contributed by atoms with E-state index in [1.54, 1.807) is 25.1 Å². The number of hydrogen-bond donors (Lipinski definition) is 2. The maximum Gasteiger partial charge on any atom is 0.350 e. The first-order valence-electron chi connectivity index (χ1n) is 6.65. The highest BCUT2D eigenvalue weighted by molar-refractivity contribution is 7.18. The second kappa shape index (κ2) is 7.08. The van der Waals surface area contributed by atoms with Crippen molar-refractivity contribution in [1.82, 2.24) is 0 Å². The van der Waals surface area contributed by atoms with E-state index in [-0.39, 0.29) is 5.82 Å². The average Bonchev–Trinajstić information content (AvgIpc) is 2.82. The van der Waals surface area contributed by atoms with Gasteiger partial charge >= 0.3 is 5.97 Å². The third-order valence-electron chi connectivity index (χ3n) is 2.85. The smallest absolute Gasteiger partial charge is 0.350 e. The number of carbonyl (C=O) groups excluding carboxylic acids is 1. The van der Waals surface area contributed by atoms with E-state index in [9.17, 15) is 9.18 Å². The standard InChI is InChI=1S/C15H17FN2O2S/c1-2-20-15(19)14-12(17)9-13(21-14)18-8-7-10-3-5-11(16)6-4-10/h3-6,9,18H,2,7-8,17H2,1H3. The first-order chi connectivity index (χ1) is 10.1. The van der Waals surface area contributed by atoms with Crippen LogP contribution >= 0.6 is 11.3 Å². The van der Waals surface area contributed by atoms with Crippen LogP contribution in [0.4, 0.5) is 15.1 Å². The van der Waals surface area contributed by atoms with E-state index >= 15 is 0 Å². The largest absolute Gasteiger partial charge is 0.462 e. The molecule has 0 spiro atoms. The van der Waals surface area contributed by atoms with Gasteiger partial charge in [0.05, 0.1) is 17.3 Å². The van der Waals surface area contributed by atoms with Crippen molar-refractivity contribution in [2.24, 2.45) is 0 Å². The molecular weight excluding hydrogens is 291 g/mol. The van der Waals surface area contributed by atoms with E-state index in [0.717, 1.165) is 17.0 Å². The average molecular weight is 308 g/mol. The van der Waals surface area contributed by atoms with Gasteiger partial charge in [0, 0.05) is 6.54 Å². The molecule has 0 saturated carbocycles. The van der Waals surface area contributed by atoms with Gasteiger partial charge in [0.15, 0.2) is 0 Å². The van der Waals surface area contributed by atoms with Gasteiger partial charge in [0.1, 0.15) is 10.7 Å². The Morgan fingerprint density at radius 2 is 2.10 bits per heavy atom. The summed E-state index contributed by atoms with van der Waals surface area (Å²) in [6.07, 6.45) is 0.757. The van der Waals surface area contributed by atoms with E-state index in [2.05, 4.69) is 5.32 Å². The van der Waals surface area contributed by atoms with Crippen molar-refractivity contribution in [3.8, 4) is 0 Å². The van der Waals surface area contributed by atoms with Crippen molar-refractivity contribution < 1.29 is 13.9 Å². The molecule has 0 aliphatic rings. The van der Waals surface area contributed by atoms with Crippen LogP contribution < -0.4 is 11.1 Å². The summed E-state index contributed by atoms with van der Waals surface area (Å²) in [5.41, 5.74) is 7.26. The third kappa shape index (κ3) is 4.19. The summed E-state index contributed by atoms with van der Waals surface area (Å²) in [6, 6.07) is 8.11. The van der Waals surface area contributed by atoms with E-state index in [1.165, 1.54) is 23.5 Å². The lowest BCUT2D eigenvalue weighted by atomic mass is 10.1. The van der Waals surface area contributed by atoms with Crippen molar-refractivity contribution >= 4 is 28.0 Å². The fraction of sp³-hybridized carbons (Fsp3) is 0.267. The summed E-state index contributed by atoms with van der Waals surface area (Å²) in [5, 5.41) is 4.02. The lowest BCUT2D eigenvalue weighted by Gasteiger charge is -2.03. The minimum Gasteiger partial charge on any atom is -0.462 e. The molecular formula is C15H17FN2O2S. The highest BCUT2D eigenvalue weighted by Gasteiger charge is 2.15. The van der Waals surface area contributed by atoms with Crippen LogP contribution in [0, 0.1) is 5.82 Å². The van der Waals surface area contributed by atoms with Crippen molar-refractivity contribution in [2.45, 2.75) is 13.3 Å². The molecule has 0 fully saturated rings. The van der Waals surface area contributed by atoms with Crippen molar-refractivity contribution in [3.63, 3.8) is 0 Å². The summed E-state index contributed by atoms with van der Waals surface area (Å²) < 4.78 is 17.7. The normalized spacial score (nSPS) is 10.4. The quantitative estimate of drug-likeness (QED) is 0.804. The number of nitrogens with one attached hydrogen (secondary N) is 1. The van der Waals surface area contributed by atoms with Gasteiger partial charge in [-0.25, -0.2) is 9.18 Å². The maximum atomic E-state index is 12.8. The van der Waals surface area contributed by atoms with Gasteiger partial charge in [-0.2, -0.15) is 0 Å². The van der Waals surface area contributed by atoms with Gasteiger partial charge in [-0.1, -0.05) is 12.1 Å². The lowest BCUT2D eigenvalue weighted by molar-refractivity contribution is 0.0533. The zero-order valence-corrected chi connectivity index (χ0v) is 12.5. The second-order valence-corrected chi connectivity index (χ2v) is 5.47. The molecule has 0 saturated heterocycles. The Bertz CT molecular complexity index is 611. The van der Waals surface area contributed by atoms with E-state index in [4.69, 9.17) is 10.5 Å². The summed E-state index contributed by atoms with van der Waals surface area (Å²) >= 11 is 1.27. The van der Waals surface area contributed by atoms with Gasteiger partial charge in [-0.05, 0) is 37.1 Å². The van der Waals surface area contributed by atoms with Crippen molar-refractivity contribution in [1.29, 1.82) is 0 Å². The van der Waals surface area contributed by atoms with Crippen LogP contribution in [0.3, 0.4) is 0 Å². The molecule has 2 aromatic rings. The molecule has 1 aromatic carbocycles. The van der Waals surface area contributed by atoms with Gasteiger partial charge in [0.2, 0.25) is 0 Å². The Morgan fingerprint density at radius 3 is 2.76 bits per heavy atom. The molecule has 1 aromatic heterocycles. The molecule has 0 amide bonds. The summed E-state index contributed by atoms with van der Waals surface area (Å²) in [7, 11) is 0. The van der Waals surface area contributed by atoms with Crippen molar-refractivity contribution in [3.05, 3.63) is 46.6 Å². The van der Waals surface area contributed by atoms with Crippen LogP contribution in [-0.2, 0) is 11.2 Å². The number of halogens is 1. The first-order valence-corrected chi connectivity index (χ1v) is 7.46. The SMILES string of the molecule is CCOC(=O)c1sc(NCCc2ccc(F)cc2)cc1N. The van der Waals surface area contributed by atoms with Gasteiger partial charge in [-0.15, -0.1) is 11.3 Å². The molecule has 4 nitrogen and oxygen atoms in total. The lowest BCUT2D eigenvalue weighted by Crippen LogP contribution is -2.04. The predicted molar refractivity (Wildman–Crippen MR) is 83.3 cm³/mol. The molecule has 0 unspecified atom stereocenters. The highest BCUT2D eigenvalue weighted by Crippen LogP contribution is 2.29. The van der Waals surface area contributed by atoms with Crippen LogP contribution in [-0.4, -0.2) is 19.1 Å². The molecule has 3 N–H and O–H groups in total. The molecule has 1 heterocycles. The highest BCUT2D eigenvalue weighted by atomic mass is 32.1. The Hall–Kier alpha value is -2.08. The number of thiophene rings is 1. The van der Waals surface area contributed by atoms with Crippen molar-refractivity contribution in [2.75, 3.05) is 24.2 Å². The van der Waals surface area contributed by atoms with E-state index < -0.39 is 5.97 Å². The Morgan fingerprint density at radius 1 is 1.38 bits per heavy atom. The third-order valence-corrected chi connectivity index (χ3v) is 3.94. The molecule has 0 aliphatic heterocycles. The first kappa shape index (κ1) is 15.3. The van der Waals surface area contributed by atoms with Gasteiger partial charge < -0.3 is 15.8 Å². The van der Waals surface area contributed by atoms with E-state index in [1.807, 2.05) is 0 Å². The minimum absolute atomic E-state index is 0.239. The maximum absolute atomic E-state index is 12.8. The van der Waals surface area contributed by atoms with Gasteiger partial charge in [-0.3, -0.25) is 0 Å². The Kier molecular flexibility index (Phi) is 5.16. The van der Waals surface area contributed by atoms with Crippen LogP contribution in [0.5, 0.6) is 0 Å². The number of ether oxygens (including phenoxy) is 1. The number of anilines is 2. The second-order valence-electron chi connectivity index (χ2n) is 4.42. The monoisotopic (exact) mass is 308 g/mol. The predicted octanol–water partition coefficient (Wildman–Crippen LogP) is 3.30. The Labute approximate surface area is 126 Å². The number of esters is 1. The molecule has 112 valence electrons. The molecule has 21 heavy (non-hydrogen) atoms. The van der Waals surface area contributed by atoms with E-state index in [0.29, 0.717) is 23.7 Å². The number of benzene rings is 1. The molecule has 2 rings (SSSR count). The molecule has 6 heteroatoms. The molecule has 0 atom stereocenters. The minimum atomic E-state index is -0.397. The number of nitrogens with two attached hydrogens (primary N) is 1. The number of rotatable bonds is 6. The fourth-order valence-corrected chi connectivity index (χ4v) is 2.73. The summed E-state index contributed by atoms with van der Waals surface area (Å²) in [5.74, 6) is -0.636. The zero-order valence-electron chi connectivity index (χ0n) is 11.7. The van der Waals surface area contributed by atoms with Crippen LogP contribution in [0.15, 0.2) is 30.3 Å². The summed E-state index contributed by atoms with van der Waals surface area (Å²) in [4.78, 5) is 12.1. The Balaban J connectivity index is 1.90. The van der Waals surface area contributed by atoms with Crippen LogP contribution in [0.2, 0.25) is 0 Å². The van der Waals surface area contributed by atoms with Crippen LogP contribution in [0.1, 0.15) is 22.2 Å². The molecule has 0 bridgehead atoms. The number of hydrogen-bond acceptors (Lipinski definition) is 5. The summed E-state index contributed by atoms with van der Waals surface area (Å²) in [6.45, 7) is 2.75. The topological polar surface area (TPSA) is 64.3 Å². The van der Waals surface area contributed by atoms with Crippen LogP contribution in [0.25, 0.3) is 0 Å².